The lowest BCUT2D eigenvalue weighted by molar-refractivity contribution is 0.0968. The van der Waals surface area contributed by atoms with E-state index in [4.69, 9.17) is 16.2 Å². The summed E-state index contributed by atoms with van der Waals surface area (Å²) in [6, 6.07) is 23.5. The zero-order chi connectivity index (χ0) is 27.2. The van der Waals surface area contributed by atoms with Gasteiger partial charge in [-0.05, 0) is 61.9 Å². The molecule has 1 amide bonds. The van der Waals surface area contributed by atoms with Gasteiger partial charge in [-0.3, -0.25) is 9.69 Å². The van der Waals surface area contributed by atoms with Crippen molar-refractivity contribution < 1.29 is 9.53 Å². The van der Waals surface area contributed by atoms with Crippen molar-refractivity contribution in [3.63, 3.8) is 0 Å². The van der Waals surface area contributed by atoms with E-state index in [9.17, 15) is 4.79 Å². The van der Waals surface area contributed by atoms with Crippen molar-refractivity contribution in [3.8, 4) is 5.75 Å². The number of piperidine rings is 1. The predicted octanol–water partition coefficient (Wildman–Crippen LogP) is 3.61. The summed E-state index contributed by atoms with van der Waals surface area (Å²) in [4.78, 5) is 24.0. The molecule has 2 saturated heterocycles. The van der Waals surface area contributed by atoms with E-state index >= 15 is 0 Å². The molecule has 3 aromatic rings. The Morgan fingerprint density at radius 2 is 1.62 bits per heavy atom. The van der Waals surface area contributed by atoms with E-state index in [0.29, 0.717) is 22.6 Å². The normalized spacial score (nSPS) is 17.8. The number of nitrogens with zero attached hydrogens (tertiary/aromatic N) is 4. The maximum absolute atomic E-state index is 12.8. The van der Waals surface area contributed by atoms with Crippen LogP contribution < -0.4 is 21.1 Å². The number of carbonyl (C=O) groups is 1. The lowest BCUT2D eigenvalue weighted by atomic mass is 10.1. The number of aliphatic imine (C=N–C) groups is 1. The van der Waals surface area contributed by atoms with Crippen LogP contribution in [-0.2, 0) is 6.54 Å². The first-order chi connectivity index (χ1) is 18.9. The summed E-state index contributed by atoms with van der Waals surface area (Å²) in [7, 11) is 2.13. The molecule has 0 saturated carbocycles. The molecule has 0 aromatic heterocycles. The summed E-state index contributed by atoms with van der Waals surface area (Å²) in [5.74, 6) is 0.414. The number of hydrogen-bond acceptors (Lipinski definition) is 6. The van der Waals surface area contributed by atoms with Gasteiger partial charge >= 0.3 is 0 Å². The number of hydrogen-bond donors (Lipinski definition) is 2. The quantitative estimate of drug-likeness (QED) is 0.276. The number of nitrogen functional groups attached to an aromatic ring is 1. The Balaban J connectivity index is 1.15. The van der Waals surface area contributed by atoms with Gasteiger partial charge in [0.2, 0.25) is 0 Å². The number of amides is 1. The number of carbonyl (C=O) groups excluding carboxylic acids is 1. The Hall–Kier alpha value is -3.88. The second-order valence-electron chi connectivity index (χ2n) is 10.5. The summed E-state index contributed by atoms with van der Waals surface area (Å²) in [5, 5.41) is 0. The van der Waals surface area contributed by atoms with Crippen LogP contribution in [0.5, 0.6) is 5.75 Å². The molecule has 0 bridgehead atoms. The molecule has 2 fully saturated rings. The SMILES string of the molecule is CN1CCN(c2ccc(C(=O)N=C(N)c3ccc(OC4CCN(Cc5ccccc5)CC4)cc3N)cc2)CC1. The summed E-state index contributed by atoms with van der Waals surface area (Å²) in [5.41, 5.74) is 16.4. The van der Waals surface area contributed by atoms with Gasteiger partial charge in [-0.2, -0.15) is 4.99 Å². The van der Waals surface area contributed by atoms with Crippen molar-refractivity contribution in [2.24, 2.45) is 10.7 Å². The average Bonchev–Trinajstić information content (AvgIpc) is 2.95. The molecule has 0 atom stereocenters. The van der Waals surface area contributed by atoms with Crippen LogP contribution in [-0.4, -0.2) is 74.0 Å². The van der Waals surface area contributed by atoms with Gasteiger partial charge in [0, 0.05) is 74.4 Å². The molecule has 39 heavy (non-hydrogen) atoms. The molecule has 5 rings (SSSR count). The summed E-state index contributed by atoms with van der Waals surface area (Å²) < 4.78 is 6.23. The van der Waals surface area contributed by atoms with Crippen molar-refractivity contribution in [3.05, 3.63) is 89.5 Å². The van der Waals surface area contributed by atoms with Gasteiger partial charge in [-0.25, -0.2) is 0 Å². The molecule has 0 radical (unpaired) electrons. The number of benzene rings is 3. The molecular formula is C31H38N6O2. The molecule has 3 aromatic carbocycles. The smallest absolute Gasteiger partial charge is 0.278 e. The average molecular weight is 527 g/mol. The molecule has 8 nitrogen and oxygen atoms in total. The second kappa shape index (κ2) is 12.3. The molecule has 4 N–H and O–H groups in total. The molecule has 2 heterocycles. The van der Waals surface area contributed by atoms with E-state index in [1.54, 1.807) is 24.3 Å². The summed E-state index contributed by atoms with van der Waals surface area (Å²) in [6.07, 6.45) is 2.06. The lowest BCUT2D eigenvalue weighted by Gasteiger charge is -2.34. The van der Waals surface area contributed by atoms with Crippen LogP contribution in [0.2, 0.25) is 0 Å². The van der Waals surface area contributed by atoms with Gasteiger partial charge in [0.25, 0.3) is 5.91 Å². The number of piperazine rings is 1. The van der Waals surface area contributed by atoms with Gasteiger partial charge in [-0.15, -0.1) is 0 Å². The number of amidine groups is 1. The number of likely N-dealkylation sites (tertiary alicyclic amines) is 1. The molecule has 0 aliphatic carbocycles. The van der Waals surface area contributed by atoms with E-state index in [-0.39, 0.29) is 17.8 Å². The minimum Gasteiger partial charge on any atom is -0.490 e. The van der Waals surface area contributed by atoms with Crippen LogP contribution in [0.1, 0.15) is 34.3 Å². The van der Waals surface area contributed by atoms with Crippen LogP contribution in [0.4, 0.5) is 11.4 Å². The number of ether oxygens (including phenoxy) is 1. The van der Waals surface area contributed by atoms with Gasteiger partial charge < -0.3 is 26.0 Å². The first-order valence-electron chi connectivity index (χ1n) is 13.7. The van der Waals surface area contributed by atoms with Crippen LogP contribution in [0.3, 0.4) is 0 Å². The highest BCUT2D eigenvalue weighted by Gasteiger charge is 2.21. The zero-order valence-corrected chi connectivity index (χ0v) is 22.6. The molecule has 0 unspecified atom stereocenters. The summed E-state index contributed by atoms with van der Waals surface area (Å²) in [6.45, 7) is 6.95. The van der Waals surface area contributed by atoms with Crippen molar-refractivity contribution in [2.45, 2.75) is 25.5 Å². The van der Waals surface area contributed by atoms with Crippen molar-refractivity contribution in [1.82, 2.24) is 9.80 Å². The van der Waals surface area contributed by atoms with Gasteiger partial charge in [0.15, 0.2) is 0 Å². The molecule has 204 valence electrons. The molecule has 0 spiro atoms. The third kappa shape index (κ3) is 6.96. The van der Waals surface area contributed by atoms with Crippen LogP contribution >= 0.6 is 0 Å². The van der Waals surface area contributed by atoms with Gasteiger partial charge in [0.1, 0.15) is 17.7 Å². The minimum absolute atomic E-state index is 0.0985. The van der Waals surface area contributed by atoms with Gasteiger partial charge in [-0.1, -0.05) is 30.3 Å². The molecule has 8 heteroatoms. The van der Waals surface area contributed by atoms with E-state index in [0.717, 1.165) is 64.3 Å². The molecular weight excluding hydrogens is 488 g/mol. The number of likely N-dealkylation sites (N-methyl/N-ethyl adjacent to an activating group) is 1. The largest absolute Gasteiger partial charge is 0.490 e. The standard InChI is InChI=1S/C31H38N6O2/c1-35-17-19-37(20-18-35)25-9-7-24(8-10-25)31(38)34-30(33)28-12-11-27(21-29(28)32)39-26-13-15-36(16-14-26)22-23-5-3-2-4-6-23/h2-12,21,26H,13-20,22,32H2,1H3,(H2,33,34,38). The topological polar surface area (TPSA) is 100 Å². The fourth-order valence-corrected chi connectivity index (χ4v) is 5.18. The third-order valence-corrected chi connectivity index (χ3v) is 7.59. The van der Waals surface area contributed by atoms with E-state index < -0.39 is 0 Å². The Morgan fingerprint density at radius 1 is 0.923 bits per heavy atom. The monoisotopic (exact) mass is 526 g/mol. The molecule has 2 aliphatic heterocycles. The lowest BCUT2D eigenvalue weighted by Crippen LogP contribution is -2.44. The third-order valence-electron chi connectivity index (χ3n) is 7.59. The fraction of sp³-hybridized carbons (Fsp3) is 0.355. The van der Waals surface area contributed by atoms with Crippen LogP contribution in [0.15, 0.2) is 77.8 Å². The number of rotatable bonds is 7. The first-order valence-corrected chi connectivity index (χ1v) is 13.7. The zero-order valence-electron chi connectivity index (χ0n) is 22.6. The first kappa shape index (κ1) is 26.7. The number of anilines is 2. The van der Waals surface area contributed by atoms with E-state index in [1.165, 1.54) is 5.56 Å². The Bertz CT molecular complexity index is 1280. The maximum Gasteiger partial charge on any atom is 0.278 e. The van der Waals surface area contributed by atoms with Crippen molar-refractivity contribution >= 4 is 23.1 Å². The Kier molecular flexibility index (Phi) is 8.44. The van der Waals surface area contributed by atoms with Gasteiger partial charge in [0.05, 0.1) is 0 Å². The van der Waals surface area contributed by atoms with E-state index in [2.05, 4.69) is 51.0 Å². The van der Waals surface area contributed by atoms with Crippen molar-refractivity contribution in [2.75, 3.05) is 56.9 Å². The Morgan fingerprint density at radius 3 is 2.28 bits per heavy atom. The second-order valence-corrected chi connectivity index (χ2v) is 10.5. The fourth-order valence-electron chi connectivity index (χ4n) is 5.18. The van der Waals surface area contributed by atoms with Crippen LogP contribution in [0.25, 0.3) is 0 Å². The van der Waals surface area contributed by atoms with E-state index in [1.807, 2.05) is 24.3 Å². The minimum atomic E-state index is -0.389. The van der Waals surface area contributed by atoms with Crippen LogP contribution in [0, 0.1) is 0 Å². The molecule has 2 aliphatic rings. The Labute approximate surface area is 230 Å². The highest BCUT2D eigenvalue weighted by Crippen LogP contribution is 2.25. The van der Waals surface area contributed by atoms with Crippen molar-refractivity contribution in [1.29, 1.82) is 0 Å². The maximum atomic E-state index is 12.8. The summed E-state index contributed by atoms with van der Waals surface area (Å²) >= 11 is 0. The highest BCUT2D eigenvalue weighted by atomic mass is 16.5. The predicted molar refractivity (Wildman–Crippen MR) is 157 cm³/mol. The number of nitrogens with two attached hydrogens (primary N) is 2. The highest BCUT2D eigenvalue weighted by molar-refractivity contribution is 6.11.